The lowest BCUT2D eigenvalue weighted by atomic mass is 9.84. The monoisotopic (exact) mass is 573 g/mol. The van der Waals surface area contributed by atoms with E-state index in [1.54, 1.807) is 7.11 Å². The molecule has 2 heterocycles. The molecule has 3 rings (SSSR count). The van der Waals surface area contributed by atoms with Crippen molar-refractivity contribution < 1.29 is 9.47 Å². The smallest absolute Gasteiger partial charge is 0.191 e. The van der Waals surface area contributed by atoms with Gasteiger partial charge in [-0.3, -0.25) is 9.89 Å². The van der Waals surface area contributed by atoms with Crippen LogP contribution in [0, 0.1) is 6.92 Å². The molecule has 1 aromatic rings. The molecule has 0 spiro atoms. The topological polar surface area (TPSA) is 61.4 Å². The standard InChI is InChI=1S/C25H43N5O2.HI/c1-21-8-9-22(23(18-21)32-17-16-31-4)19-27-24(26-2)28-20-25(10-14-29(3)15-11-25)30-12-6-5-7-13-30;/h8-9,18H,5-7,10-17,19-20H2,1-4H3,(H2,26,27,28);1H. The predicted octanol–water partition coefficient (Wildman–Crippen LogP) is 3.25. The fourth-order valence-corrected chi connectivity index (χ4v) is 4.83. The zero-order chi connectivity index (χ0) is 22.8. The van der Waals surface area contributed by atoms with E-state index in [1.165, 1.54) is 50.8 Å². The highest BCUT2D eigenvalue weighted by molar-refractivity contribution is 14.0. The van der Waals surface area contributed by atoms with Gasteiger partial charge in [0.2, 0.25) is 0 Å². The van der Waals surface area contributed by atoms with Crippen molar-refractivity contribution in [2.24, 2.45) is 4.99 Å². The maximum Gasteiger partial charge on any atom is 0.191 e. The summed E-state index contributed by atoms with van der Waals surface area (Å²) in [6.45, 7) is 9.60. The molecular formula is C25H44IN5O2. The van der Waals surface area contributed by atoms with E-state index < -0.39 is 0 Å². The molecule has 33 heavy (non-hydrogen) atoms. The Labute approximate surface area is 217 Å². The van der Waals surface area contributed by atoms with Crippen LogP contribution < -0.4 is 15.4 Å². The second-order valence-corrected chi connectivity index (χ2v) is 9.31. The van der Waals surface area contributed by atoms with Crippen LogP contribution in [0.15, 0.2) is 23.2 Å². The molecule has 0 aliphatic carbocycles. The van der Waals surface area contributed by atoms with E-state index in [1.807, 2.05) is 7.05 Å². The van der Waals surface area contributed by atoms with Gasteiger partial charge in [0.25, 0.3) is 0 Å². The maximum absolute atomic E-state index is 5.95. The largest absolute Gasteiger partial charge is 0.491 e. The van der Waals surface area contributed by atoms with E-state index in [2.05, 4.69) is 57.6 Å². The first kappa shape index (κ1) is 28.1. The van der Waals surface area contributed by atoms with Crippen molar-refractivity contribution in [2.75, 3.05) is 67.1 Å². The third-order valence-electron chi connectivity index (χ3n) is 6.97. The van der Waals surface area contributed by atoms with Crippen LogP contribution in [-0.4, -0.2) is 88.4 Å². The molecule has 2 saturated heterocycles. The molecule has 2 aliphatic heterocycles. The minimum Gasteiger partial charge on any atom is -0.491 e. The van der Waals surface area contributed by atoms with Gasteiger partial charge in [-0.25, -0.2) is 0 Å². The average Bonchev–Trinajstić information content (AvgIpc) is 2.82. The van der Waals surface area contributed by atoms with Crippen LogP contribution in [-0.2, 0) is 11.3 Å². The number of methoxy groups -OCH3 is 1. The van der Waals surface area contributed by atoms with Gasteiger partial charge in [0.1, 0.15) is 12.4 Å². The third kappa shape index (κ3) is 8.26. The van der Waals surface area contributed by atoms with Crippen molar-refractivity contribution >= 4 is 29.9 Å². The van der Waals surface area contributed by atoms with Crippen molar-refractivity contribution in [3.05, 3.63) is 29.3 Å². The van der Waals surface area contributed by atoms with Crippen LogP contribution in [0.2, 0.25) is 0 Å². The molecule has 2 N–H and O–H groups in total. The Morgan fingerprint density at radius 2 is 1.79 bits per heavy atom. The van der Waals surface area contributed by atoms with Crippen LogP contribution in [0.4, 0.5) is 0 Å². The Hall–Kier alpha value is -1.10. The molecular weight excluding hydrogens is 529 g/mol. The Morgan fingerprint density at radius 1 is 1.06 bits per heavy atom. The van der Waals surface area contributed by atoms with Gasteiger partial charge < -0.3 is 25.0 Å². The van der Waals surface area contributed by atoms with Crippen molar-refractivity contribution in [3.8, 4) is 5.75 Å². The van der Waals surface area contributed by atoms with Gasteiger partial charge in [-0.15, -0.1) is 24.0 Å². The number of nitrogens with one attached hydrogen (secondary N) is 2. The van der Waals surface area contributed by atoms with Gasteiger partial charge >= 0.3 is 0 Å². The number of benzene rings is 1. The summed E-state index contributed by atoms with van der Waals surface area (Å²) in [5.41, 5.74) is 2.54. The average molecular weight is 574 g/mol. The predicted molar refractivity (Wildman–Crippen MR) is 147 cm³/mol. The molecule has 1 aromatic carbocycles. The number of hydrogen-bond donors (Lipinski definition) is 2. The molecule has 8 heteroatoms. The number of halogens is 1. The zero-order valence-electron chi connectivity index (χ0n) is 21.0. The number of piperidine rings is 2. The number of likely N-dealkylation sites (tertiary alicyclic amines) is 2. The number of aryl methyl sites for hydroxylation is 1. The first-order valence-electron chi connectivity index (χ1n) is 12.2. The number of aliphatic imine (C=N–C) groups is 1. The van der Waals surface area contributed by atoms with Crippen LogP contribution >= 0.6 is 24.0 Å². The van der Waals surface area contributed by atoms with E-state index in [0.717, 1.165) is 36.9 Å². The van der Waals surface area contributed by atoms with Gasteiger partial charge in [-0.1, -0.05) is 18.6 Å². The first-order chi connectivity index (χ1) is 15.6. The number of rotatable bonds is 9. The molecule has 0 saturated carbocycles. The van der Waals surface area contributed by atoms with Gasteiger partial charge in [-0.2, -0.15) is 0 Å². The number of nitrogens with zero attached hydrogens (tertiary/aromatic N) is 3. The summed E-state index contributed by atoms with van der Waals surface area (Å²) in [7, 11) is 5.78. The summed E-state index contributed by atoms with van der Waals surface area (Å²) in [4.78, 5) is 9.72. The van der Waals surface area contributed by atoms with Gasteiger partial charge in [0, 0.05) is 38.3 Å². The van der Waals surface area contributed by atoms with Crippen LogP contribution in [0.5, 0.6) is 5.75 Å². The Kier molecular flexibility index (Phi) is 12.2. The summed E-state index contributed by atoms with van der Waals surface area (Å²) < 4.78 is 11.1. The molecule has 0 atom stereocenters. The number of ether oxygens (including phenoxy) is 2. The lowest BCUT2D eigenvalue weighted by Crippen LogP contribution is -2.62. The molecule has 0 radical (unpaired) electrons. The van der Waals surface area contributed by atoms with E-state index >= 15 is 0 Å². The number of hydrogen-bond acceptors (Lipinski definition) is 5. The van der Waals surface area contributed by atoms with Crippen molar-refractivity contribution in [2.45, 2.75) is 51.1 Å². The van der Waals surface area contributed by atoms with Crippen LogP contribution in [0.1, 0.15) is 43.2 Å². The summed E-state index contributed by atoms with van der Waals surface area (Å²) in [5, 5.41) is 7.17. The second kappa shape index (κ2) is 14.3. The van der Waals surface area contributed by atoms with E-state index in [9.17, 15) is 0 Å². The Morgan fingerprint density at radius 3 is 2.45 bits per heavy atom. The summed E-state index contributed by atoms with van der Waals surface area (Å²) in [6, 6.07) is 6.34. The Balaban J connectivity index is 0.00000385. The fourth-order valence-electron chi connectivity index (χ4n) is 4.83. The molecule has 2 aliphatic rings. The second-order valence-electron chi connectivity index (χ2n) is 9.31. The van der Waals surface area contributed by atoms with Crippen LogP contribution in [0.3, 0.4) is 0 Å². The normalized spacial score (nSPS) is 19.6. The minimum absolute atomic E-state index is 0. The maximum atomic E-state index is 5.95. The first-order valence-corrected chi connectivity index (χ1v) is 12.2. The Bertz CT molecular complexity index is 732. The molecule has 0 bridgehead atoms. The van der Waals surface area contributed by atoms with Gasteiger partial charge in [-0.05, 0) is 77.5 Å². The quantitative estimate of drug-likeness (QED) is 0.205. The summed E-state index contributed by atoms with van der Waals surface area (Å²) >= 11 is 0. The molecule has 0 amide bonds. The molecule has 7 nitrogen and oxygen atoms in total. The highest BCUT2D eigenvalue weighted by Crippen LogP contribution is 2.31. The van der Waals surface area contributed by atoms with E-state index in [0.29, 0.717) is 19.8 Å². The highest BCUT2D eigenvalue weighted by atomic mass is 127. The lowest BCUT2D eigenvalue weighted by molar-refractivity contribution is 0.0173. The van der Waals surface area contributed by atoms with E-state index in [-0.39, 0.29) is 29.5 Å². The van der Waals surface area contributed by atoms with Crippen molar-refractivity contribution in [1.82, 2.24) is 20.4 Å². The lowest BCUT2D eigenvalue weighted by Gasteiger charge is -2.50. The summed E-state index contributed by atoms with van der Waals surface area (Å²) in [5.74, 6) is 1.76. The fraction of sp³-hybridized carbons (Fsp3) is 0.720. The third-order valence-corrected chi connectivity index (χ3v) is 6.97. The van der Waals surface area contributed by atoms with Gasteiger partial charge in [0.05, 0.1) is 6.61 Å². The molecule has 188 valence electrons. The molecule has 0 aromatic heterocycles. The minimum atomic E-state index is 0. The molecule has 2 fully saturated rings. The van der Waals surface area contributed by atoms with Gasteiger partial charge in [0.15, 0.2) is 5.96 Å². The highest BCUT2D eigenvalue weighted by Gasteiger charge is 2.39. The molecule has 0 unspecified atom stereocenters. The SMILES string of the molecule is CN=C(NCc1ccc(C)cc1OCCOC)NCC1(N2CCCCC2)CCN(C)CC1.I. The summed E-state index contributed by atoms with van der Waals surface area (Å²) in [6.07, 6.45) is 6.44. The van der Waals surface area contributed by atoms with Crippen molar-refractivity contribution in [1.29, 1.82) is 0 Å². The van der Waals surface area contributed by atoms with Crippen LogP contribution in [0.25, 0.3) is 0 Å². The van der Waals surface area contributed by atoms with Crippen molar-refractivity contribution in [3.63, 3.8) is 0 Å². The van der Waals surface area contributed by atoms with E-state index in [4.69, 9.17) is 9.47 Å². The number of guanidine groups is 1. The zero-order valence-corrected chi connectivity index (χ0v) is 23.3.